The van der Waals surface area contributed by atoms with E-state index in [4.69, 9.17) is 4.74 Å². The molecule has 4 atom stereocenters. The number of rotatable bonds is 3. The van der Waals surface area contributed by atoms with Crippen molar-refractivity contribution in [1.29, 1.82) is 0 Å². The second-order valence-electron chi connectivity index (χ2n) is 7.94. The predicted molar refractivity (Wildman–Crippen MR) is 98.1 cm³/mol. The maximum Gasteiger partial charge on any atom is 0.165 e. The SMILES string of the molecule is Oc1cccc2c1O[C@H]1C(CCc3ccccc3)N[C@H]3CCC[C@@]21C3. The van der Waals surface area contributed by atoms with Gasteiger partial charge >= 0.3 is 0 Å². The molecular formula is C22H25NO2. The lowest BCUT2D eigenvalue weighted by molar-refractivity contribution is 0.0196. The first-order valence-electron chi connectivity index (χ1n) is 9.55. The van der Waals surface area contributed by atoms with E-state index in [-0.39, 0.29) is 11.5 Å². The number of hydrogen-bond acceptors (Lipinski definition) is 3. The van der Waals surface area contributed by atoms with Crippen molar-refractivity contribution in [2.75, 3.05) is 0 Å². The number of ether oxygens (including phenoxy) is 1. The molecule has 3 nitrogen and oxygen atoms in total. The average Bonchev–Trinajstić information content (AvgIpc) is 2.95. The number of piperidine rings is 1. The van der Waals surface area contributed by atoms with Gasteiger partial charge in [0.1, 0.15) is 6.10 Å². The Morgan fingerprint density at radius 2 is 2.00 bits per heavy atom. The topological polar surface area (TPSA) is 41.5 Å². The third kappa shape index (κ3) is 2.36. The van der Waals surface area contributed by atoms with Crippen LogP contribution in [0.2, 0.25) is 0 Å². The van der Waals surface area contributed by atoms with Crippen molar-refractivity contribution in [2.24, 2.45) is 0 Å². The molecule has 0 amide bonds. The Morgan fingerprint density at radius 3 is 2.88 bits per heavy atom. The number of para-hydroxylation sites is 1. The number of aryl methyl sites for hydroxylation is 1. The Hall–Kier alpha value is -2.00. The summed E-state index contributed by atoms with van der Waals surface area (Å²) >= 11 is 0. The van der Waals surface area contributed by atoms with Crippen LogP contribution in [0.5, 0.6) is 11.5 Å². The summed E-state index contributed by atoms with van der Waals surface area (Å²) in [5.74, 6) is 1.03. The highest BCUT2D eigenvalue weighted by molar-refractivity contribution is 5.54. The molecule has 1 unspecified atom stereocenters. The molecule has 2 aliphatic heterocycles. The summed E-state index contributed by atoms with van der Waals surface area (Å²) in [7, 11) is 0. The summed E-state index contributed by atoms with van der Waals surface area (Å²) in [4.78, 5) is 0. The Kier molecular flexibility index (Phi) is 3.53. The summed E-state index contributed by atoms with van der Waals surface area (Å²) in [5, 5.41) is 14.2. The second kappa shape index (κ2) is 5.77. The molecule has 1 aliphatic carbocycles. The van der Waals surface area contributed by atoms with Crippen molar-refractivity contribution in [3.63, 3.8) is 0 Å². The highest BCUT2D eigenvalue weighted by Crippen LogP contribution is 2.56. The van der Waals surface area contributed by atoms with Crippen LogP contribution >= 0.6 is 0 Å². The lowest BCUT2D eigenvalue weighted by Crippen LogP contribution is -2.63. The molecule has 0 radical (unpaired) electrons. The first kappa shape index (κ1) is 15.3. The van der Waals surface area contributed by atoms with Crippen LogP contribution in [0, 0.1) is 0 Å². The van der Waals surface area contributed by atoms with E-state index in [0.29, 0.717) is 17.8 Å². The van der Waals surface area contributed by atoms with Gasteiger partial charge in [0, 0.05) is 23.1 Å². The number of benzene rings is 2. The van der Waals surface area contributed by atoms with E-state index in [1.807, 2.05) is 6.07 Å². The van der Waals surface area contributed by atoms with Crippen molar-refractivity contribution < 1.29 is 9.84 Å². The zero-order valence-electron chi connectivity index (χ0n) is 14.4. The lowest BCUT2D eigenvalue weighted by atomic mass is 9.61. The third-order valence-electron chi connectivity index (χ3n) is 6.51. The summed E-state index contributed by atoms with van der Waals surface area (Å²) in [6.45, 7) is 0. The molecule has 1 spiro atoms. The second-order valence-corrected chi connectivity index (χ2v) is 7.94. The van der Waals surface area contributed by atoms with Gasteiger partial charge in [0.15, 0.2) is 11.5 Å². The molecule has 3 heteroatoms. The van der Waals surface area contributed by atoms with E-state index >= 15 is 0 Å². The van der Waals surface area contributed by atoms with Gasteiger partial charge in [0.2, 0.25) is 0 Å². The highest BCUT2D eigenvalue weighted by atomic mass is 16.5. The van der Waals surface area contributed by atoms with Crippen LogP contribution in [-0.2, 0) is 11.8 Å². The van der Waals surface area contributed by atoms with Crippen molar-refractivity contribution in [3.05, 3.63) is 59.7 Å². The lowest BCUT2D eigenvalue weighted by Gasteiger charge is -2.50. The highest BCUT2D eigenvalue weighted by Gasteiger charge is 2.57. The number of phenolic OH excluding ortho intramolecular Hbond substituents is 1. The molecule has 130 valence electrons. The van der Waals surface area contributed by atoms with Gasteiger partial charge in [0.25, 0.3) is 0 Å². The minimum Gasteiger partial charge on any atom is -0.504 e. The number of hydrogen-bond donors (Lipinski definition) is 2. The zero-order chi connectivity index (χ0) is 16.9. The number of nitrogens with one attached hydrogen (secondary N) is 1. The van der Waals surface area contributed by atoms with Crippen molar-refractivity contribution in [1.82, 2.24) is 5.32 Å². The van der Waals surface area contributed by atoms with Crippen LogP contribution in [0.15, 0.2) is 48.5 Å². The van der Waals surface area contributed by atoms with Gasteiger partial charge in [-0.25, -0.2) is 0 Å². The third-order valence-corrected chi connectivity index (χ3v) is 6.51. The fraction of sp³-hybridized carbons (Fsp3) is 0.455. The molecule has 5 rings (SSSR count). The first-order chi connectivity index (χ1) is 12.3. The van der Waals surface area contributed by atoms with E-state index in [1.54, 1.807) is 6.07 Å². The molecule has 1 saturated carbocycles. The first-order valence-corrected chi connectivity index (χ1v) is 9.55. The Labute approximate surface area is 149 Å². The Balaban J connectivity index is 1.46. The van der Waals surface area contributed by atoms with Crippen molar-refractivity contribution in [2.45, 2.75) is 62.1 Å². The van der Waals surface area contributed by atoms with Crippen molar-refractivity contribution in [3.8, 4) is 11.5 Å². The van der Waals surface area contributed by atoms with Crippen LogP contribution in [0.4, 0.5) is 0 Å². The monoisotopic (exact) mass is 335 g/mol. The normalized spacial score (nSPS) is 32.6. The molecule has 3 aliphatic rings. The molecule has 0 aromatic heterocycles. The molecule has 25 heavy (non-hydrogen) atoms. The predicted octanol–water partition coefficient (Wildman–Crippen LogP) is 3.94. The smallest absolute Gasteiger partial charge is 0.165 e. The van der Waals surface area contributed by atoms with E-state index in [9.17, 15) is 5.11 Å². The van der Waals surface area contributed by atoms with E-state index in [2.05, 4.69) is 41.7 Å². The number of aromatic hydroxyl groups is 1. The minimum atomic E-state index is 0.0869. The molecule has 1 saturated heterocycles. The maximum atomic E-state index is 10.3. The molecule has 2 bridgehead atoms. The van der Waals surface area contributed by atoms with Gasteiger partial charge < -0.3 is 15.2 Å². The van der Waals surface area contributed by atoms with Gasteiger partial charge in [0.05, 0.1) is 0 Å². The average molecular weight is 335 g/mol. The van der Waals surface area contributed by atoms with Crippen LogP contribution in [0.3, 0.4) is 0 Å². The zero-order valence-corrected chi connectivity index (χ0v) is 14.4. The largest absolute Gasteiger partial charge is 0.504 e. The molecule has 2 aromatic rings. The van der Waals surface area contributed by atoms with Gasteiger partial charge in [-0.1, -0.05) is 48.9 Å². The standard InChI is InChI=1S/C22H25NO2/c24-19-10-4-9-17-20(19)25-21-18(12-11-15-6-2-1-3-7-15)23-16-8-5-13-22(17,21)14-16/h1-4,6-7,9-10,16,18,21,23-24H,5,8,11-14H2/t16-,18?,21-,22+/m0/s1. The Bertz CT molecular complexity index is 775. The summed E-state index contributed by atoms with van der Waals surface area (Å²) in [5.41, 5.74) is 2.71. The minimum absolute atomic E-state index is 0.0869. The molecule has 2 aromatic carbocycles. The fourth-order valence-electron chi connectivity index (χ4n) is 5.45. The van der Waals surface area contributed by atoms with Gasteiger partial charge in [-0.15, -0.1) is 0 Å². The fourth-order valence-corrected chi connectivity index (χ4v) is 5.45. The van der Waals surface area contributed by atoms with E-state index < -0.39 is 0 Å². The number of phenols is 1. The van der Waals surface area contributed by atoms with Crippen LogP contribution in [0.25, 0.3) is 0 Å². The summed E-state index contributed by atoms with van der Waals surface area (Å²) in [6, 6.07) is 17.5. The van der Waals surface area contributed by atoms with Crippen molar-refractivity contribution >= 4 is 0 Å². The van der Waals surface area contributed by atoms with Crippen LogP contribution in [-0.4, -0.2) is 23.3 Å². The summed E-state index contributed by atoms with van der Waals surface area (Å²) < 4.78 is 6.41. The van der Waals surface area contributed by atoms with Gasteiger partial charge in [-0.3, -0.25) is 0 Å². The molecular weight excluding hydrogens is 310 g/mol. The quantitative estimate of drug-likeness (QED) is 0.893. The van der Waals surface area contributed by atoms with Gasteiger partial charge in [-0.2, -0.15) is 0 Å². The maximum absolute atomic E-state index is 10.3. The van der Waals surface area contributed by atoms with Gasteiger partial charge in [-0.05, 0) is 43.7 Å². The molecule has 2 N–H and O–H groups in total. The Morgan fingerprint density at radius 1 is 1.12 bits per heavy atom. The molecule has 2 fully saturated rings. The van der Waals surface area contributed by atoms with Crippen LogP contribution < -0.4 is 10.1 Å². The van der Waals surface area contributed by atoms with E-state index in [0.717, 1.165) is 25.0 Å². The van der Waals surface area contributed by atoms with E-state index in [1.165, 1.54) is 30.4 Å². The van der Waals surface area contributed by atoms with Crippen LogP contribution in [0.1, 0.15) is 43.2 Å². The summed E-state index contributed by atoms with van der Waals surface area (Å²) in [6.07, 6.45) is 7.06. The number of fused-ring (bicyclic) bond motifs is 2. The molecule has 2 heterocycles.